The summed E-state index contributed by atoms with van der Waals surface area (Å²) in [5.41, 5.74) is 1.82. The van der Waals surface area contributed by atoms with Crippen LogP contribution in [0.15, 0.2) is 18.2 Å². The van der Waals surface area contributed by atoms with Gasteiger partial charge in [0.2, 0.25) is 17.2 Å². The van der Waals surface area contributed by atoms with Crippen LogP contribution in [0.25, 0.3) is 0 Å². The Balaban J connectivity index is 2.24. The molecule has 0 bridgehead atoms. The van der Waals surface area contributed by atoms with Crippen molar-refractivity contribution in [1.82, 2.24) is 15.0 Å². The number of halogens is 2. The van der Waals surface area contributed by atoms with E-state index in [4.69, 9.17) is 23.2 Å². The van der Waals surface area contributed by atoms with Gasteiger partial charge < -0.3 is 10.6 Å². The minimum absolute atomic E-state index is 0.130. The highest BCUT2D eigenvalue weighted by molar-refractivity contribution is 6.33. The smallest absolute Gasteiger partial charge is 0.233 e. The lowest BCUT2D eigenvalue weighted by Gasteiger charge is -2.09. The molecule has 0 radical (unpaired) electrons. The first-order valence-electron chi connectivity index (χ1n) is 6.27. The van der Waals surface area contributed by atoms with Gasteiger partial charge in [0.1, 0.15) is 0 Å². The van der Waals surface area contributed by atoms with E-state index >= 15 is 0 Å². The Bertz CT molecular complexity index is 603. The van der Waals surface area contributed by atoms with Gasteiger partial charge in [-0.25, -0.2) is 0 Å². The van der Waals surface area contributed by atoms with Crippen LogP contribution in [0.4, 0.5) is 17.6 Å². The quantitative estimate of drug-likeness (QED) is 0.872. The van der Waals surface area contributed by atoms with E-state index in [9.17, 15) is 0 Å². The van der Waals surface area contributed by atoms with Crippen LogP contribution in [0.1, 0.15) is 18.9 Å². The minimum Gasteiger partial charge on any atom is -0.354 e. The summed E-state index contributed by atoms with van der Waals surface area (Å²) >= 11 is 12.0. The van der Waals surface area contributed by atoms with E-state index in [2.05, 4.69) is 32.5 Å². The Labute approximate surface area is 127 Å². The van der Waals surface area contributed by atoms with Crippen LogP contribution in [0.5, 0.6) is 0 Å². The Morgan fingerprint density at radius 1 is 1.10 bits per heavy atom. The molecule has 106 valence electrons. The van der Waals surface area contributed by atoms with Crippen LogP contribution >= 0.6 is 23.2 Å². The zero-order valence-corrected chi connectivity index (χ0v) is 12.8. The van der Waals surface area contributed by atoms with Gasteiger partial charge >= 0.3 is 0 Å². The van der Waals surface area contributed by atoms with Crippen LogP contribution in [-0.2, 0) is 0 Å². The average molecular weight is 312 g/mol. The SMILES string of the molecule is CCCNc1nc(Cl)nc(Nc2cc(C)ccc2Cl)n1. The third kappa shape index (κ3) is 3.95. The number of nitrogens with zero attached hydrogens (tertiary/aromatic N) is 3. The molecule has 5 nitrogen and oxygen atoms in total. The maximum absolute atomic E-state index is 6.13. The Morgan fingerprint density at radius 2 is 1.85 bits per heavy atom. The van der Waals surface area contributed by atoms with Gasteiger partial charge in [-0.2, -0.15) is 15.0 Å². The monoisotopic (exact) mass is 311 g/mol. The van der Waals surface area contributed by atoms with Crippen LogP contribution in [0.2, 0.25) is 10.3 Å². The first-order valence-corrected chi connectivity index (χ1v) is 7.02. The van der Waals surface area contributed by atoms with Crippen molar-refractivity contribution in [2.45, 2.75) is 20.3 Å². The minimum atomic E-state index is 0.130. The van der Waals surface area contributed by atoms with Crippen LogP contribution < -0.4 is 10.6 Å². The zero-order valence-electron chi connectivity index (χ0n) is 11.2. The molecule has 20 heavy (non-hydrogen) atoms. The molecule has 0 amide bonds. The third-order valence-electron chi connectivity index (χ3n) is 2.51. The zero-order chi connectivity index (χ0) is 14.5. The molecule has 0 saturated heterocycles. The van der Waals surface area contributed by atoms with E-state index in [0.717, 1.165) is 24.2 Å². The summed E-state index contributed by atoms with van der Waals surface area (Å²) in [5, 5.41) is 6.84. The maximum atomic E-state index is 6.13. The number of aromatic nitrogens is 3. The third-order valence-corrected chi connectivity index (χ3v) is 3.01. The molecule has 0 aliphatic carbocycles. The molecule has 1 heterocycles. The van der Waals surface area contributed by atoms with E-state index < -0.39 is 0 Å². The number of anilines is 3. The average Bonchev–Trinajstić information content (AvgIpc) is 2.40. The fourth-order valence-electron chi connectivity index (χ4n) is 1.58. The maximum Gasteiger partial charge on any atom is 0.233 e. The normalized spacial score (nSPS) is 10.4. The summed E-state index contributed by atoms with van der Waals surface area (Å²) in [7, 11) is 0. The molecule has 0 spiro atoms. The van der Waals surface area contributed by atoms with Gasteiger partial charge in [0.15, 0.2) is 0 Å². The molecule has 0 unspecified atom stereocenters. The molecule has 2 N–H and O–H groups in total. The van der Waals surface area contributed by atoms with Crippen LogP contribution in [-0.4, -0.2) is 21.5 Å². The van der Waals surface area contributed by atoms with Crippen LogP contribution in [0.3, 0.4) is 0 Å². The highest BCUT2D eigenvalue weighted by atomic mass is 35.5. The summed E-state index contributed by atoms with van der Waals surface area (Å²) in [5.74, 6) is 0.800. The molecule has 1 aromatic heterocycles. The predicted octanol–water partition coefficient (Wildman–Crippen LogP) is 4.05. The summed E-state index contributed by atoms with van der Waals surface area (Å²) < 4.78 is 0. The highest BCUT2D eigenvalue weighted by Gasteiger charge is 2.07. The van der Waals surface area contributed by atoms with E-state index in [0.29, 0.717) is 16.9 Å². The molecule has 2 aromatic rings. The number of hydrogen-bond acceptors (Lipinski definition) is 5. The summed E-state index contributed by atoms with van der Waals surface area (Å²) in [6.45, 7) is 4.81. The number of benzene rings is 1. The molecular formula is C13H15Cl2N5. The fraction of sp³-hybridized carbons (Fsp3) is 0.308. The van der Waals surface area contributed by atoms with Gasteiger partial charge in [-0.3, -0.25) is 0 Å². The predicted molar refractivity (Wildman–Crippen MR) is 83.1 cm³/mol. The number of rotatable bonds is 5. The molecule has 2 rings (SSSR count). The van der Waals surface area contributed by atoms with Gasteiger partial charge in [-0.15, -0.1) is 0 Å². The first kappa shape index (κ1) is 14.8. The van der Waals surface area contributed by atoms with Gasteiger partial charge in [0, 0.05) is 6.54 Å². The molecule has 0 aliphatic heterocycles. The Kier molecular flexibility index (Phi) is 4.98. The lowest BCUT2D eigenvalue weighted by molar-refractivity contribution is 0.940. The van der Waals surface area contributed by atoms with E-state index in [1.54, 1.807) is 0 Å². The van der Waals surface area contributed by atoms with Crippen molar-refractivity contribution in [2.75, 3.05) is 17.2 Å². The molecule has 1 aromatic carbocycles. The second-order valence-corrected chi connectivity index (χ2v) is 5.03. The molecule has 0 fully saturated rings. The van der Waals surface area contributed by atoms with Crippen molar-refractivity contribution in [2.24, 2.45) is 0 Å². The number of aryl methyl sites for hydroxylation is 1. The van der Waals surface area contributed by atoms with Gasteiger partial charge in [0.25, 0.3) is 0 Å². The lowest BCUT2D eigenvalue weighted by atomic mass is 10.2. The summed E-state index contributed by atoms with van der Waals surface area (Å²) in [6, 6.07) is 5.67. The largest absolute Gasteiger partial charge is 0.354 e. The molecule has 0 aliphatic rings. The van der Waals surface area contributed by atoms with E-state index in [1.807, 2.05) is 25.1 Å². The highest BCUT2D eigenvalue weighted by Crippen LogP contribution is 2.25. The van der Waals surface area contributed by atoms with Crippen molar-refractivity contribution in [1.29, 1.82) is 0 Å². The fourth-order valence-corrected chi connectivity index (χ4v) is 1.90. The second kappa shape index (κ2) is 6.72. The summed E-state index contributed by atoms with van der Waals surface area (Å²) in [4.78, 5) is 12.3. The molecule has 7 heteroatoms. The molecule has 0 atom stereocenters. The van der Waals surface area contributed by atoms with E-state index in [-0.39, 0.29) is 5.28 Å². The first-order chi connectivity index (χ1) is 9.58. The topological polar surface area (TPSA) is 62.7 Å². The Hall–Kier alpha value is -1.59. The molecule has 0 saturated carbocycles. The standard InChI is InChI=1S/C13H15Cl2N5/c1-3-6-16-12-18-11(15)19-13(20-12)17-10-7-8(2)4-5-9(10)14/h4-5,7H,3,6H2,1-2H3,(H2,16,17,18,19,20). The van der Waals surface area contributed by atoms with Gasteiger partial charge in [0.05, 0.1) is 10.7 Å². The lowest BCUT2D eigenvalue weighted by Crippen LogP contribution is -2.08. The van der Waals surface area contributed by atoms with Crippen molar-refractivity contribution in [3.8, 4) is 0 Å². The summed E-state index contributed by atoms with van der Waals surface area (Å²) in [6.07, 6.45) is 0.968. The van der Waals surface area contributed by atoms with Crippen molar-refractivity contribution in [3.63, 3.8) is 0 Å². The number of hydrogen-bond donors (Lipinski definition) is 2. The van der Waals surface area contributed by atoms with E-state index in [1.165, 1.54) is 0 Å². The van der Waals surface area contributed by atoms with Gasteiger partial charge in [-0.1, -0.05) is 24.6 Å². The van der Waals surface area contributed by atoms with Crippen LogP contribution in [0, 0.1) is 6.92 Å². The van der Waals surface area contributed by atoms with Crippen molar-refractivity contribution < 1.29 is 0 Å². The van der Waals surface area contributed by atoms with Crippen molar-refractivity contribution >= 4 is 40.8 Å². The van der Waals surface area contributed by atoms with Gasteiger partial charge in [-0.05, 0) is 42.6 Å². The molecular weight excluding hydrogens is 297 g/mol. The number of nitrogens with one attached hydrogen (secondary N) is 2. The van der Waals surface area contributed by atoms with Crippen molar-refractivity contribution in [3.05, 3.63) is 34.1 Å². The second-order valence-electron chi connectivity index (χ2n) is 4.29. The Morgan fingerprint density at radius 3 is 2.60 bits per heavy atom.